The van der Waals surface area contributed by atoms with Crippen molar-refractivity contribution in [1.29, 1.82) is 0 Å². The molecule has 0 bridgehead atoms. The summed E-state index contributed by atoms with van der Waals surface area (Å²) in [5, 5.41) is 2.89. The van der Waals surface area contributed by atoms with Crippen LogP contribution in [0.5, 0.6) is 0 Å². The van der Waals surface area contributed by atoms with E-state index < -0.39 is 9.84 Å². The molecular weight excluding hydrogens is 216 g/mol. The van der Waals surface area contributed by atoms with Gasteiger partial charge >= 0.3 is 0 Å². The maximum absolute atomic E-state index is 11.2. The summed E-state index contributed by atoms with van der Waals surface area (Å²) in [7, 11) is -2.79. The molecule has 5 nitrogen and oxygen atoms in total. The van der Waals surface area contributed by atoms with E-state index in [0.29, 0.717) is 19.5 Å². The van der Waals surface area contributed by atoms with Gasteiger partial charge in [-0.15, -0.1) is 0 Å². The quantitative estimate of drug-likeness (QED) is 0.663. The highest BCUT2D eigenvalue weighted by atomic mass is 32.2. The monoisotopic (exact) mass is 232 g/mol. The second-order valence-corrected chi connectivity index (χ2v) is 6.56. The average Bonchev–Trinajstić information content (AvgIpc) is 2.55. The molecule has 0 unspecified atom stereocenters. The van der Waals surface area contributed by atoms with Crippen LogP contribution in [0.4, 0.5) is 0 Å². The SMILES string of the molecule is O=C1CC[C@@H](CN2CCS(=O)(=O)CC2)N1. The first-order valence-corrected chi connectivity index (χ1v) is 7.09. The van der Waals surface area contributed by atoms with Crippen LogP contribution in [0.25, 0.3) is 0 Å². The van der Waals surface area contributed by atoms with E-state index in [-0.39, 0.29) is 23.5 Å². The van der Waals surface area contributed by atoms with Crippen molar-refractivity contribution in [3.8, 4) is 0 Å². The third-order valence-electron chi connectivity index (χ3n) is 3.00. The van der Waals surface area contributed by atoms with Crippen LogP contribution in [0.2, 0.25) is 0 Å². The molecule has 2 aliphatic heterocycles. The lowest BCUT2D eigenvalue weighted by Crippen LogP contribution is -2.46. The second kappa shape index (κ2) is 4.09. The third-order valence-corrected chi connectivity index (χ3v) is 4.61. The predicted octanol–water partition coefficient (Wildman–Crippen LogP) is -1.00. The first-order chi connectivity index (χ1) is 7.05. The van der Waals surface area contributed by atoms with Crippen molar-refractivity contribution in [3.63, 3.8) is 0 Å². The Balaban J connectivity index is 1.80. The summed E-state index contributed by atoms with van der Waals surface area (Å²) in [6, 6.07) is 0.221. The Labute approximate surface area is 89.7 Å². The summed E-state index contributed by atoms with van der Waals surface area (Å²) < 4.78 is 22.4. The highest BCUT2D eigenvalue weighted by Gasteiger charge is 2.26. The summed E-state index contributed by atoms with van der Waals surface area (Å²) >= 11 is 0. The largest absolute Gasteiger partial charge is 0.352 e. The fourth-order valence-electron chi connectivity index (χ4n) is 2.06. The van der Waals surface area contributed by atoms with Crippen molar-refractivity contribution < 1.29 is 13.2 Å². The molecule has 1 amide bonds. The lowest BCUT2D eigenvalue weighted by molar-refractivity contribution is -0.119. The first-order valence-electron chi connectivity index (χ1n) is 5.27. The van der Waals surface area contributed by atoms with Crippen LogP contribution >= 0.6 is 0 Å². The molecule has 2 fully saturated rings. The smallest absolute Gasteiger partial charge is 0.220 e. The lowest BCUT2D eigenvalue weighted by Gasteiger charge is -2.28. The topological polar surface area (TPSA) is 66.5 Å². The van der Waals surface area contributed by atoms with Crippen LogP contribution in [0, 0.1) is 0 Å². The van der Waals surface area contributed by atoms with Gasteiger partial charge in [0.05, 0.1) is 11.5 Å². The minimum absolute atomic E-state index is 0.115. The van der Waals surface area contributed by atoms with Crippen molar-refractivity contribution in [2.75, 3.05) is 31.1 Å². The van der Waals surface area contributed by atoms with Gasteiger partial charge in [0, 0.05) is 32.1 Å². The zero-order valence-corrected chi connectivity index (χ0v) is 9.42. The van der Waals surface area contributed by atoms with Crippen molar-refractivity contribution in [2.24, 2.45) is 0 Å². The Kier molecular flexibility index (Phi) is 2.97. The van der Waals surface area contributed by atoms with E-state index in [4.69, 9.17) is 0 Å². The standard InChI is InChI=1S/C9H16N2O3S/c12-9-2-1-8(10-9)7-11-3-5-15(13,14)6-4-11/h8H,1-7H2,(H,10,12)/t8-/m0/s1. The van der Waals surface area contributed by atoms with Crippen molar-refractivity contribution in [1.82, 2.24) is 10.2 Å². The molecule has 1 N–H and O–H groups in total. The molecule has 0 saturated carbocycles. The number of amides is 1. The molecule has 86 valence electrons. The maximum Gasteiger partial charge on any atom is 0.220 e. The number of nitrogens with zero attached hydrogens (tertiary/aromatic N) is 1. The van der Waals surface area contributed by atoms with E-state index in [9.17, 15) is 13.2 Å². The van der Waals surface area contributed by atoms with E-state index in [0.717, 1.165) is 13.0 Å². The van der Waals surface area contributed by atoms with E-state index >= 15 is 0 Å². The fraction of sp³-hybridized carbons (Fsp3) is 0.889. The zero-order valence-electron chi connectivity index (χ0n) is 8.61. The molecule has 2 heterocycles. The maximum atomic E-state index is 11.2. The van der Waals surface area contributed by atoms with Gasteiger partial charge in [0.15, 0.2) is 9.84 Å². The van der Waals surface area contributed by atoms with Crippen molar-refractivity contribution in [3.05, 3.63) is 0 Å². The van der Waals surface area contributed by atoms with Gasteiger partial charge in [0.2, 0.25) is 5.91 Å². The normalized spacial score (nSPS) is 31.5. The number of carbonyl (C=O) groups excluding carboxylic acids is 1. The molecule has 0 aromatic heterocycles. The number of carbonyl (C=O) groups is 1. The molecule has 15 heavy (non-hydrogen) atoms. The van der Waals surface area contributed by atoms with Gasteiger partial charge < -0.3 is 5.32 Å². The number of nitrogens with one attached hydrogen (secondary N) is 1. The molecule has 0 radical (unpaired) electrons. The minimum atomic E-state index is -2.79. The highest BCUT2D eigenvalue weighted by Crippen LogP contribution is 2.10. The van der Waals surface area contributed by atoms with Gasteiger partial charge in [-0.1, -0.05) is 0 Å². The molecular formula is C9H16N2O3S. The van der Waals surface area contributed by atoms with Gasteiger partial charge in [0.25, 0.3) is 0 Å². The van der Waals surface area contributed by atoms with E-state index in [2.05, 4.69) is 10.2 Å². The Hall–Kier alpha value is -0.620. The van der Waals surface area contributed by atoms with Gasteiger partial charge in [-0.2, -0.15) is 0 Å². The van der Waals surface area contributed by atoms with E-state index in [1.165, 1.54) is 0 Å². The highest BCUT2D eigenvalue weighted by molar-refractivity contribution is 7.91. The summed E-state index contributed by atoms with van der Waals surface area (Å²) in [5.74, 6) is 0.631. The summed E-state index contributed by atoms with van der Waals surface area (Å²) in [6.07, 6.45) is 1.49. The van der Waals surface area contributed by atoms with Crippen LogP contribution < -0.4 is 5.32 Å². The molecule has 6 heteroatoms. The Morgan fingerprint density at radius 2 is 2.00 bits per heavy atom. The first kappa shape index (κ1) is 10.9. The summed E-state index contributed by atoms with van der Waals surface area (Å²) in [4.78, 5) is 13.1. The third kappa shape index (κ3) is 2.92. The number of sulfone groups is 1. The Morgan fingerprint density at radius 3 is 2.53 bits per heavy atom. The van der Waals surface area contributed by atoms with Gasteiger partial charge in [-0.3, -0.25) is 9.69 Å². The molecule has 0 aromatic rings. The van der Waals surface area contributed by atoms with Crippen molar-refractivity contribution in [2.45, 2.75) is 18.9 Å². The van der Waals surface area contributed by atoms with Crippen LogP contribution in [-0.4, -0.2) is 56.4 Å². The Morgan fingerprint density at radius 1 is 1.33 bits per heavy atom. The average molecular weight is 232 g/mol. The van der Waals surface area contributed by atoms with Gasteiger partial charge in [0.1, 0.15) is 0 Å². The molecule has 2 saturated heterocycles. The number of hydrogen-bond donors (Lipinski definition) is 1. The summed E-state index contributed by atoms with van der Waals surface area (Å²) in [5.41, 5.74) is 0. The van der Waals surface area contributed by atoms with Crippen LogP contribution in [0.1, 0.15) is 12.8 Å². The molecule has 1 atom stereocenters. The van der Waals surface area contributed by atoms with Crippen LogP contribution in [0.15, 0.2) is 0 Å². The molecule has 0 spiro atoms. The molecule has 2 aliphatic rings. The van der Waals surface area contributed by atoms with Crippen molar-refractivity contribution >= 4 is 15.7 Å². The molecule has 0 aromatic carbocycles. The Bertz CT molecular complexity index is 338. The predicted molar refractivity (Wildman–Crippen MR) is 56.3 cm³/mol. The molecule has 2 rings (SSSR count). The minimum Gasteiger partial charge on any atom is -0.352 e. The van der Waals surface area contributed by atoms with Crippen LogP contribution in [-0.2, 0) is 14.6 Å². The lowest BCUT2D eigenvalue weighted by atomic mass is 10.2. The second-order valence-electron chi connectivity index (χ2n) is 4.26. The molecule has 0 aliphatic carbocycles. The number of rotatable bonds is 2. The number of hydrogen-bond acceptors (Lipinski definition) is 4. The van der Waals surface area contributed by atoms with Crippen LogP contribution in [0.3, 0.4) is 0 Å². The van der Waals surface area contributed by atoms with Gasteiger partial charge in [-0.05, 0) is 6.42 Å². The zero-order chi connectivity index (χ0) is 10.9. The van der Waals surface area contributed by atoms with Gasteiger partial charge in [-0.25, -0.2) is 8.42 Å². The van der Waals surface area contributed by atoms with E-state index in [1.807, 2.05) is 0 Å². The fourth-order valence-corrected chi connectivity index (χ4v) is 3.34. The summed E-state index contributed by atoms with van der Waals surface area (Å²) in [6.45, 7) is 2.00. The van der Waals surface area contributed by atoms with E-state index in [1.54, 1.807) is 0 Å².